The fourth-order valence-electron chi connectivity index (χ4n) is 1.24. The molecule has 2 aromatic rings. The summed E-state index contributed by atoms with van der Waals surface area (Å²) in [7, 11) is 0. The van der Waals surface area contributed by atoms with Gasteiger partial charge < -0.3 is 0 Å². The number of hydrogen-bond donors (Lipinski definition) is 0. The molecule has 0 amide bonds. The average molecular weight is 186 g/mol. The lowest BCUT2D eigenvalue weighted by Gasteiger charge is -1.98. The number of para-hydroxylation sites is 1. The van der Waals surface area contributed by atoms with Gasteiger partial charge in [-0.2, -0.15) is 5.10 Å². The van der Waals surface area contributed by atoms with Crippen LogP contribution in [0.15, 0.2) is 42.6 Å². The lowest BCUT2D eigenvalue weighted by Crippen LogP contribution is -1.98. The van der Waals surface area contributed by atoms with Crippen LogP contribution in [0.4, 0.5) is 0 Å². The van der Waals surface area contributed by atoms with Crippen molar-refractivity contribution in [2.75, 3.05) is 0 Å². The first-order chi connectivity index (χ1) is 6.77. The van der Waals surface area contributed by atoms with E-state index < -0.39 is 0 Å². The molecule has 1 heterocycles. The van der Waals surface area contributed by atoms with Crippen molar-refractivity contribution in [1.29, 1.82) is 0 Å². The Hall–Kier alpha value is -1.90. The van der Waals surface area contributed by atoms with E-state index in [1.54, 1.807) is 16.9 Å². The molecule has 14 heavy (non-hydrogen) atoms. The molecule has 0 aliphatic rings. The van der Waals surface area contributed by atoms with Crippen LogP contribution in [0.25, 0.3) is 5.69 Å². The Balaban J connectivity index is 2.39. The predicted molar refractivity (Wildman–Crippen MR) is 53.6 cm³/mol. The van der Waals surface area contributed by atoms with Crippen molar-refractivity contribution in [3.8, 4) is 5.69 Å². The van der Waals surface area contributed by atoms with Crippen LogP contribution in [0.1, 0.15) is 17.4 Å². The van der Waals surface area contributed by atoms with Gasteiger partial charge in [-0.15, -0.1) is 0 Å². The van der Waals surface area contributed by atoms with Gasteiger partial charge >= 0.3 is 0 Å². The number of Topliss-reactive ketones (excluding diaryl/α,β-unsaturated/α-hetero) is 1. The summed E-state index contributed by atoms with van der Waals surface area (Å²) in [5.74, 6) is -0.0142. The molecule has 0 unspecified atom stereocenters. The first kappa shape index (κ1) is 8.69. The minimum atomic E-state index is -0.0142. The summed E-state index contributed by atoms with van der Waals surface area (Å²) in [5, 5.41) is 4.15. The second-order valence-corrected chi connectivity index (χ2v) is 3.04. The first-order valence-corrected chi connectivity index (χ1v) is 4.39. The third kappa shape index (κ3) is 1.57. The number of aromatic nitrogens is 2. The number of hydrogen-bond acceptors (Lipinski definition) is 2. The molecule has 1 aromatic heterocycles. The van der Waals surface area contributed by atoms with Gasteiger partial charge in [0, 0.05) is 13.1 Å². The smallest absolute Gasteiger partial charge is 0.179 e. The molecule has 0 spiro atoms. The zero-order valence-corrected chi connectivity index (χ0v) is 7.84. The van der Waals surface area contributed by atoms with Gasteiger partial charge in [0.05, 0.1) is 5.69 Å². The monoisotopic (exact) mass is 186 g/mol. The summed E-state index contributed by atoms with van der Waals surface area (Å²) in [5.41, 5.74) is 1.45. The van der Waals surface area contributed by atoms with E-state index in [1.165, 1.54) is 6.92 Å². The van der Waals surface area contributed by atoms with Crippen molar-refractivity contribution in [3.63, 3.8) is 0 Å². The van der Waals surface area contributed by atoms with Gasteiger partial charge in [0.1, 0.15) is 5.69 Å². The van der Waals surface area contributed by atoms with E-state index >= 15 is 0 Å². The van der Waals surface area contributed by atoms with Crippen molar-refractivity contribution in [2.45, 2.75) is 6.92 Å². The van der Waals surface area contributed by atoms with Crippen molar-refractivity contribution < 1.29 is 4.79 Å². The molecule has 1 aromatic carbocycles. The number of carbonyl (C=O) groups is 1. The standard InChI is InChI=1S/C11H10N2O/c1-9(14)11-7-8-13(12-11)10-5-3-2-4-6-10/h2-8H,1H3. The highest BCUT2D eigenvalue weighted by molar-refractivity contribution is 5.91. The maximum Gasteiger partial charge on any atom is 0.179 e. The Labute approximate surface area is 82.0 Å². The van der Waals surface area contributed by atoms with Gasteiger partial charge in [0.15, 0.2) is 5.78 Å². The molecule has 0 N–H and O–H groups in total. The highest BCUT2D eigenvalue weighted by Crippen LogP contribution is 2.06. The van der Waals surface area contributed by atoms with Crippen LogP contribution in [0.2, 0.25) is 0 Å². The quantitative estimate of drug-likeness (QED) is 0.673. The normalized spacial score (nSPS) is 10.1. The highest BCUT2D eigenvalue weighted by atomic mass is 16.1. The SMILES string of the molecule is CC(=O)c1ccn(-c2ccccc2)n1. The first-order valence-electron chi connectivity index (χ1n) is 4.39. The summed E-state index contributed by atoms with van der Waals surface area (Å²) in [6, 6.07) is 11.4. The summed E-state index contributed by atoms with van der Waals surface area (Å²) in [4.78, 5) is 11.0. The van der Waals surface area contributed by atoms with Crippen LogP contribution in [-0.2, 0) is 0 Å². The second kappa shape index (κ2) is 3.46. The van der Waals surface area contributed by atoms with E-state index in [4.69, 9.17) is 0 Å². The second-order valence-electron chi connectivity index (χ2n) is 3.04. The predicted octanol–water partition coefficient (Wildman–Crippen LogP) is 2.07. The number of carbonyl (C=O) groups excluding carboxylic acids is 1. The van der Waals surface area contributed by atoms with Crippen LogP contribution >= 0.6 is 0 Å². The molecule has 0 fully saturated rings. The third-order valence-electron chi connectivity index (χ3n) is 1.97. The Morgan fingerprint density at radius 3 is 2.50 bits per heavy atom. The lowest BCUT2D eigenvalue weighted by molar-refractivity contribution is 0.101. The zero-order valence-electron chi connectivity index (χ0n) is 7.84. The third-order valence-corrected chi connectivity index (χ3v) is 1.97. The summed E-state index contributed by atoms with van der Waals surface area (Å²) in [6.45, 7) is 1.51. The molecule has 0 radical (unpaired) electrons. The number of nitrogens with zero attached hydrogens (tertiary/aromatic N) is 2. The molecule has 0 saturated carbocycles. The van der Waals surface area contributed by atoms with Crippen molar-refractivity contribution in [3.05, 3.63) is 48.3 Å². The Morgan fingerprint density at radius 1 is 1.21 bits per heavy atom. The molecule has 3 nitrogen and oxygen atoms in total. The van der Waals surface area contributed by atoms with E-state index in [0.717, 1.165) is 5.69 Å². The van der Waals surface area contributed by atoms with Gasteiger partial charge in [0.25, 0.3) is 0 Å². The molecule has 0 aliphatic heterocycles. The summed E-state index contributed by atoms with van der Waals surface area (Å²) >= 11 is 0. The van der Waals surface area contributed by atoms with E-state index in [0.29, 0.717) is 5.69 Å². The molecular formula is C11H10N2O. The minimum absolute atomic E-state index is 0.0142. The zero-order chi connectivity index (χ0) is 9.97. The van der Waals surface area contributed by atoms with Crippen LogP contribution in [0.5, 0.6) is 0 Å². The molecule has 70 valence electrons. The van der Waals surface area contributed by atoms with E-state index in [2.05, 4.69) is 5.10 Å². The maximum atomic E-state index is 11.0. The fraction of sp³-hybridized carbons (Fsp3) is 0.0909. The Bertz CT molecular complexity index is 445. The topological polar surface area (TPSA) is 34.9 Å². The largest absolute Gasteiger partial charge is 0.293 e. The summed E-state index contributed by atoms with van der Waals surface area (Å²) in [6.07, 6.45) is 1.78. The lowest BCUT2D eigenvalue weighted by atomic mass is 10.3. The fourth-order valence-corrected chi connectivity index (χ4v) is 1.24. The van der Waals surface area contributed by atoms with E-state index in [1.807, 2.05) is 30.3 Å². The molecule has 2 rings (SSSR count). The molecule has 3 heteroatoms. The Morgan fingerprint density at radius 2 is 1.93 bits per heavy atom. The minimum Gasteiger partial charge on any atom is -0.293 e. The average Bonchev–Trinajstić information content (AvgIpc) is 2.68. The van der Waals surface area contributed by atoms with Gasteiger partial charge in [-0.3, -0.25) is 4.79 Å². The van der Waals surface area contributed by atoms with Crippen molar-refractivity contribution >= 4 is 5.78 Å². The van der Waals surface area contributed by atoms with Crippen LogP contribution in [-0.4, -0.2) is 15.6 Å². The van der Waals surface area contributed by atoms with Gasteiger partial charge in [0.2, 0.25) is 0 Å². The Kier molecular flexibility index (Phi) is 2.14. The van der Waals surface area contributed by atoms with Gasteiger partial charge in [-0.25, -0.2) is 4.68 Å². The molecule has 0 atom stereocenters. The van der Waals surface area contributed by atoms with E-state index in [-0.39, 0.29) is 5.78 Å². The van der Waals surface area contributed by atoms with E-state index in [9.17, 15) is 4.79 Å². The summed E-state index contributed by atoms with van der Waals surface area (Å²) < 4.78 is 1.69. The van der Waals surface area contributed by atoms with Crippen molar-refractivity contribution in [2.24, 2.45) is 0 Å². The van der Waals surface area contributed by atoms with Crippen LogP contribution < -0.4 is 0 Å². The molecule has 0 aliphatic carbocycles. The van der Waals surface area contributed by atoms with Crippen LogP contribution in [0, 0.1) is 0 Å². The molecule has 0 bridgehead atoms. The maximum absolute atomic E-state index is 11.0. The van der Waals surface area contributed by atoms with Gasteiger partial charge in [-0.1, -0.05) is 18.2 Å². The number of ketones is 1. The van der Waals surface area contributed by atoms with Crippen LogP contribution in [0.3, 0.4) is 0 Å². The molecule has 0 saturated heterocycles. The highest BCUT2D eigenvalue weighted by Gasteiger charge is 2.03. The molecular weight excluding hydrogens is 176 g/mol. The number of rotatable bonds is 2. The van der Waals surface area contributed by atoms with Crippen molar-refractivity contribution in [1.82, 2.24) is 9.78 Å². The number of benzene rings is 1. The van der Waals surface area contributed by atoms with Gasteiger partial charge in [-0.05, 0) is 18.2 Å².